The van der Waals surface area contributed by atoms with E-state index in [1.165, 1.54) is 11.0 Å². The van der Waals surface area contributed by atoms with E-state index in [-0.39, 0.29) is 24.2 Å². The summed E-state index contributed by atoms with van der Waals surface area (Å²) in [6, 6.07) is 2.07. The van der Waals surface area contributed by atoms with Gasteiger partial charge in [-0.3, -0.25) is 28.9 Å². The summed E-state index contributed by atoms with van der Waals surface area (Å²) in [5, 5.41) is 22.0. The van der Waals surface area contributed by atoms with Crippen molar-refractivity contribution in [3.8, 4) is 5.75 Å². The van der Waals surface area contributed by atoms with Crippen molar-refractivity contribution >= 4 is 34.7 Å². The average Bonchev–Trinajstić information content (AvgIpc) is 2.69. The van der Waals surface area contributed by atoms with E-state index in [1.807, 2.05) is 0 Å². The second-order valence-electron chi connectivity index (χ2n) is 9.68. The second kappa shape index (κ2) is 7.46. The van der Waals surface area contributed by atoms with Gasteiger partial charge in [-0.2, -0.15) is 0 Å². The molecule has 3 aliphatic rings. The van der Waals surface area contributed by atoms with Crippen molar-refractivity contribution in [1.82, 2.24) is 4.90 Å². The number of carbonyl (C=O) groups is 5. The molecule has 10 heteroatoms. The summed E-state index contributed by atoms with van der Waals surface area (Å²) < 4.78 is 0. The molecular weight excluding hydrogens is 430 g/mol. The van der Waals surface area contributed by atoms with Crippen LogP contribution in [0.15, 0.2) is 12.1 Å². The van der Waals surface area contributed by atoms with Crippen LogP contribution in [0.5, 0.6) is 5.75 Å². The van der Waals surface area contributed by atoms with Crippen LogP contribution in [0.3, 0.4) is 0 Å². The Balaban J connectivity index is 1.86. The highest BCUT2D eigenvalue weighted by Gasteiger charge is 2.69. The number of primary amides is 1. The van der Waals surface area contributed by atoms with Crippen LogP contribution in [-0.2, 0) is 25.6 Å². The summed E-state index contributed by atoms with van der Waals surface area (Å²) in [6.07, 6.45) is 0.290. The van der Waals surface area contributed by atoms with Gasteiger partial charge in [0.25, 0.3) is 0 Å². The maximum Gasteiger partial charge on any atom is 0.235 e. The molecule has 0 saturated heterocycles. The van der Waals surface area contributed by atoms with Gasteiger partial charge in [0, 0.05) is 31.8 Å². The van der Waals surface area contributed by atoms with Crippen LogP contribution in [0.4, 0.5) is 5.69 Å². The number of aromatic hydroxyl groups is 1. The number of rotatable bonds is 3. The predicted octanol–water partition coefficient (Wildman–Crippen LogP) is -1.07. The van der Waals surface area contributed by atoms with Gasteiger partial charge in [-0.1, -0.05) is 0 Å². The van der Waals surface area contributed by atoms with Crippen LogP contribution in [0, 0.1) is 23.7 Å². The Bertz CT molecular complexity index is 1110. The summed E-state index contributed by atoms with van der Waals surface area (Å²) in [5.41, 5.74) is 3.82. The van der Waals surface area contributed by atoms with E-state index in [1.54, 1.807) is 39.2 Å². The van der Waals surface area contributed by atoms with Gasteiger partial charge in [0.1, 0.15) is 5.75 Å². The molecule has 3 aliphatic carbocycles. The van der Waals surface area contributed by atoms with Crippen LogP contribution in [0.25, 0.3) is 0 Å². The number of hydrogen-bond acceptors (Lipinski definition) is 9. The lowest BCUT2D eigenvalue weighted by Gasteiger charge is -2.52. The molecule has 1 amide bonds. The molecule has 33 heavy (non-hydrogen) atoms. The lowest BCUT2D eigenvalue weighted by atomic mass is 9.52. The number of Topliss-reactive ketones (excluding diaryl/α,β-unsaturated/α-hetero) is 4. The average molecular weight is 457 g/mol. The number of amides is 1. The number of fused-ring (bicyclic) bond motifs is 3. The lowest BCUT2D eigenvalue weighted by molar-refractivity contribution is -0.181. The van der Waals surface area contributed by atoms with E-state index in [2.05, 4.69) is 0 Å². The highest BCUT2D eigenvalue weighted by molar-refractivity contribution is 6.32. The third-order valence-corrected chi connectivity index (χ3v) is 7.37. The first-order valence-corrected chi connectivity index (χ1v) is 10.7. The molecule has 2 unspecified atom stereocenters. The van der Waals surface area contributed by atoms with Crippen molar-refractivity contribution in [3.63, 3.8) is 0 Å². The molecule has 0 radical (unpaired) electrons. The zero-order valence-electron chi connectivity index (χ0n) is 18.9. The fourth-order valence-electron chi connectivity index (χ4n) is 5.88. The molecule has 6 atom stereocenters. The van der Waals surface area contributed by atoms with Gasteiger partial charge in [-0.05, 0) is 44.5 Å². The minimum atomic E-state index is -2.70. The monoisotopic (exact) mass is 457 g/mol. The Kier molecular flexibility index (Phi) is 5.21. The van der Waals surface area contributed by atoms with Gasteiger partial charge >= 0.3 is 0 Å². The normalized spacial score (nSPS) is 33.5. The Labute approximate surface area is 190 Å². The Morgan fingerprint density at radius 1 is 1.09 bits per heavy atom. The molecule has 2 fully saturated rings. The van der Waals surface area contributed by atoms with Crippen LogP contribution < -0.4 is 10.6 Å². The summed E-state index contributed by atoms with van der Waals surface area (Å²) in [5.74, 6) is -10.3. The van der Waals surface area contributed by atoms with Crippen molar-refractivity contribution in [1.29, 1.82) is 0 Å². The van der Waals surface area contributed by atoms with E-state index in [9.17, 15) is 34.2 Å². The van der Waals surface area contributed by atoms with Crippen molar-refractivity contribution in [2.45, 2.75) is 24.5 Å². The standard InChI is InChI=1S/C23H27N3O7/c1-25(2)11-6-9-5-10-7-12-17(26(3)4)19(29)16(22(24)32)21(31)23(12,33)20(30)15(10)18(28)14(9)13(27)8-11/h6,8,10,12,15-17,27,33H,5,7H2,1-4H3,(H2,24,32)/t10-,12-,15?,16?,17-,23-/m0/s1. The first-order valence-electron chi connectivity index (χ1n) is 10.7. The molecule has 0 heterocycles. The SMILES string of the molecule is CN(C)c1cc(O)c2c(c1)C[C@H]1C[C@H]3[C@H](N(C)C)C(=O)C(C(N)=O)C(=O)[C@@]3(O)C(=O)C1C2=O. The number of anilines is 1. The third-order valence-electron chi connectivity index (χ3n) is 7.37. The Morgan fingerprint density at radius 3 is 2.27 bits per heavy atom. The number of aliphatic hydroxyl groups is 1. The minimum Gasteiger partial charge on any atom is -0.507 e. The van der Waals surface area contributed by atoms with Gasteiger partial charge in [0.2, 0.25) is 5.91 Å². The van der Waals surface area contributed by atoms with Crippen molar-refractivity contribution < 1.29 is 34.2 Å². The topological polar surface area (TPSA) is 158 Å². The van der Waals surface area contributed by atoms with Crippen LogP contribution in [0.1, 0.15) is 22.3 Å². The van der Waals surface area contributed by atoms with Crippen molar-refractivity contribution in [2.75, 3.05) is 33.1 Å². The Hall–Kier alpha value is -3.11. The number of nitrogens with two attached hydrogens (primary N) is 1. The minimum absolute atomic E-state index is 0.00723. The first kappa shape index (κ1) is 23.1. The molecule has 1 aromatic rings. The lowest BCUT2D eigenvalue weighted by Crippen LogP contribution is -2.74. The predicted molar refractivity (Wildman–Crippen MR) is 116 cm³/mol. The van der Waals surface area contributed by atoms with Crippen molar-refractivity contribution in [3.05, 3.63) is 23.3 Å². The molecule has 0 aliphatic heterocycles. The highest BCUT2D eigenvalue weighted by atomic mass is 16.3. The fourth-order valence-corrected chi connectivity index (χ4v) is 5.88. The molecule has 4 N–H and O–H groups in total. The molecule has 1 aromatic carbocycles. The molecule has 4 rings (SSSR count). The third kappa shape index (κ3) is 3.04. The quantitative estimate of drug-likeness (QED) is 0.481. The molecular formula is C23H27N3O7. The first-order chi connectivity index (χ1) is 15.3. The van der Waals surface area contributed by atoms with Crippen LogP contribution in [-0.4, -0.2) is 84.0 Å². The zero-order valence-corrected chi connectivity index (χ0v) is 18.9. The molecule has 0 spiro atoms. The fraction of sp³-hybridized carbons (Fsp3) is 0.522. The number of ketones is 4. The van der Waals surface area contributed by atoms with E-state index in [0.717, 1.165) is 0 Å². The van der Waals surface area contributed by atoms with Gasteiger partial charge < -0.3 is 20.8 Å². The van der Waals surface area contributed by atoms with Gasteiger partial charge in [0.15, 0.2) is 34.7 Å². The second-order valence-corrected chi connectivity index (χ2v) is 9.68. The number of nitrogens with zero attached hydrogens (tertiary/aromatic N) is 2. The number of benzene rings is 1. The summed E-state index contributed by atoms with van der Waals surface area (Å²) >= 11 is 0. The van der Waals surface area contributed by atoms with Gasteiger partial charge in [-0.25, -0.2) is 0 Å². The number of phenolic OH excluding ortho intramolecular Hbond substituents is 1. The molecule has 0 aromatic heterocycles. The van der Waals surface area contributed by atoms with Gasteiger partial charge in [0.05, 0.1) is 17.5 Å². The van der Waals surface area contributed by atoms with E-state index in [0.29, 0.717) is 11.3 Å². The number of phenols is 1. The number of hydrogen-bond donors (Lipinski definition) is 3. The molecule has 2 saturated carbocycles. The maximum absolute atomic E-state index is 13.6. The zero-order chi connectivity index (χ0) is 24.6. The smallest absolute Gasteiger partial charge is 0.235 e. The van der Waals surface area contributed by atoms with E-state index >= 15 is 0 Å². The molecule has 10 nitrogen and oxygen atoms in total. The summed E-state index contributed by atoms with van der Waals surface area (Å²) in [4.78, 5) is 68.4. The van der Waals surface area contributed by atoms with Crippen molar-refractivity contribution in [2.24, 2.45) is 29.4 Å². The summed E-state index contributed by atoms with van der Waals surface area (Å²) in [7, 11) is 6.68. The van der Waals surface area contributed by atoms with Crippen LogP contribution >= 0.6 is 0 Å². The van der Waals surface area contributed by atoms with Gasteiger partial charge in [-0.15, -0.1) is 0 Å². The highest BCUT2D eigenvalue weighted by Crippen LogP contribution is 2.50. The molecule has 176 valence electrons. The Morgan fingerprint density at radius 2 is 1.73 bits per heavy atom. The number of carbonyl (C=O) groups excluding carboxylic acids is 5. The van der Waals surface area contributed by atoms with E-state index < -0.39 is 64.4 Å². The largest absolute Gasteiger partial charge is 0.507 e. The summed E-state index contributed by atoms with van der Waals surface area (Å²) in [6.45, 7) is 0. The maximum atomic E-state index is 13.6. The van der Waals surface area contributed by atoms with Crippen LogP contribution in [0.2, 0.25) is 0 Å². The number of likely N-dealkylation sites (N-methyl/N-ethyl adjacent to an activating group) is 1. The molecule has 0 bridgehead atoms. The van der Waals surface area contributed by atoms with E-state index in [4.69, 9.17) is 5.73 Å².